The van der Waals surface area contributed by atoms with Gasteiger partial charge in [-0.15, -0.1) is 0 Å². The summed E-state index contributed by atoms with van der Waals surface area (Å²) >= 11 is 5.98. The zero-order chi connectivity index (χ0) is 12.1. The molecule has 0 saturated heterocycles. The molecular formula is C11H19ClN4. The van der Waals surface area contributed by atoms with Gasteiger partial charge in [-0.3, -0.25) is 0 Å². The van der Waals surface area contributed by atoms with Gasteiger partial charge in [0.2, 0.25) is 0 Å². The van der Waals surface area contributed by atoms with E-state index in [-0.39, 0.29) is 0 Å². The first kappa shape index (κ1) is 13.2. The molecule has 0 atom stereocenters. The van der Waals surface area contributed by atoms with Gasteiger partial charge in [-0.25, -0.2) is 9.97 Å². The minimum absolute atomic E-state index is 0.530. The van der Waals surface area contributed by atoms with Crippen molar-refractivity contribution in [1.82, 2.24) is 14.9 Å². The van der Waals surface area contributed by atoms with Crippen molar-refractivity contribution in [2.24, 2.45) is 0 Å². The van der Waals surface area contributed by atoms with Gasteiger partial charge in [0.15, 0.2) is 0 Å². The third-order valence-electron chi connectivity index (χ3n) is 2.27. The van der Waals surface area contributed by atoms with Crippen LogP contribution in [0.15, 0.2) is 0 Å². The van der Waals surface area contributed by atoms with Crippen LogP contribution in [0.2, 0.25) is 5.15 Å². The molecule has 0 aliphatic rings. The standard InChI is InChI=1S/C11H19ClN4/c1-8-10(12)14-9(2)15-11(8)13-6-5-7-16(3)4/h5-7H2,1-4H3,(H,13,14,15). The highest BCUT2D eigenvalue weighted by atomic mass is 35.5. The van der Waals surface area contributed by atoms with E-state index in [9.17, 15) is 0 Å². The van der Waals surface area contributed by atoms with E-state index < -0.39 is 0 Å². The van der Waals surface area contributed by atoms with Crippen LogP contribution in [-0.4, -0.2) is 42.1 Å². The molecule has 0 aliphatic heterocycles. The second-order valence-corrected chi connectivity index (χ2v) is 4.48. The van der Waals surface area contributed by atoms with Crippen LogP contribution in [0.1, 0.15) is 17.8 Å². The minimum Gasteiger partial charge on any atom is -0.370 e. The molecule has 0 saturated carbocycles. The average Bonchev–Trinajstić information content (AvgIpc) is 2.19. The summed E-state index contributed by atoms with van der Waals surface area (Å²) in [6.45, 7) is 5.72. The molecule has 0 fully saturated rings. The molecule has 1 N–H and O–H groups in total. The Balaban J connectivity index is 2.53. The normalized spacial score (nSPS) is 10.9. The van der Waals surface area contributed by atoms with Crippen LogP contribution in [-0.2, 0) is 0 Å². The monoisotopic (exact) mass is 242 g/mol. The summed E-state index contributed by atoms with van der Waals surface area (Å²) in [5, 5.41) is 3.82. The Hall–Kier alpha value is -0.870. The Morgan fingerprint density at radius 3 is 2.56 bits per heavy atom. The van der Waals surface area contributed by atoms with Crippen molar-refractivity contribution in [1.29, 1.82) is 0 Å². The van der Waals surface area contributed by atoms with Crippen LogP contribution in [0.25, 0.3) is 0 Å². The molecule has 90 valence electrons. The van der Waals surface area contributed by atoms with E-state index in [1.807, 2.05) is 13.8 Å². The van der Waals surface area contributed by atoms with Gasteiger partial charge in [-0.05, 0) is 40.9 Å². The fraction of sp³-hybridized carbons (Fsp3) is 0.636. The van der Waals surface area contributed by atoms with E-state index in [4.69, 9.17) is 11.6 Å². The zero-order valence-corrected chi connectivity index (χ0v) is 11.1. The maximum Gasteiger partial charge on any atom is 0.137 e. The van der Waals surface area contributed by atoms with E-state index in [2.05, 4.69) is 34.3 Å². The van der Waals surface area contributed by atoms with Crippen LogP contribution in [0.3, 0.4) is 0 Å². The van der Waals surface area contributed by atoms with E-state index in [0.29, 0.717) is 11.0 Å². The van der Waals surface area contributed by atoms with Gasteiger partial charge in [0.25, 0.3) is 0 Å². The molecule has 1 aromatic rings. The highest BCUT2D eigenvalue weighted by molar-refractivity contribution is 6.30. The number of rotatable bonds is 5. The molecule has 0 bridgehead atoms. The second-order valence-electron chi connectivity index (χ2n) is 4.12. The highest BCUT2D eigenvalue weighted by Crippen LogP contribution is 2.19. The van der Waals surface area contributed by atoms with Gasteiger partial charge in [-0.1, -0.05) is 11.6 Å². The topological polar surface area (TPSA) is 41.1 Å². The lowest BCUT2D eigenvalue weighted by molar-refractivity contribution is 0.405. The van der Waals surface area contributed by atoms with Gasteiger partial charge in [0, 0.05) is 12.1 Å². The van der Waals surface area contributed by atoms with Crippen molar-refractivity contribution >= 4 is 17.4 Å². The summed E-state index contributed by atoms with van der Waals surface area (Å²) in [5.41, 5.74) is 0.914. The lowest BCUT2D eigenvalue weighted by Crippen LogP contribution is -2.17. The van der Waals surface area contributed by atoms with Crippen molar-refractivity contribution in [3.05, 3.63) is 16.5 Å². The molecule has 0 radical (unpaired) electrons. The first-order valence-electron chi connectivity index (χ1n) is 5.40. The summed E-state index contributed by atoms with van der Waals surface area (Å²) in [6, 6.07) is 0. The van der Waals surface area contributed by atoms with Gasteiger partial charge in [0.1, 0.15) is 16.8 Å². The molecule has 4 nitrogen and oxygen atoms in total. The zero-order valence-electron chi connectivity index (χ0n) is 10.3. The van der Waals surface area contributed by atoms with E-state index >= 15 is 0 Å². The Morgan fingerprint density at radius 2 is 1.94 bits per heavy atom. The Labute approximate surface area is 102 Å². The van der Waals surface area contributed by atoms with Crippen LogP contribution in [0.4, 0.5) is 5.82 Å². The molecule has 1 rings (SSSR count). The molecule has 16 heavy (non-hydrogen) atoms. The van der Waals surface area contributed by atoms with E-state index in [1.165, 1.54) is 0 Å². The molecule has 0 aliphatic carbocycles. The summed E-state index contributed by atoms with van der Waals surface area (Å²) in [6.07, 6.45) is 1.08. The molecule has 1 aromatic heterocycles. The number of hydrogen-bond donors (Lipinski definition) is 1. The molecule has 0 aromatic carbocycles. The number of nitrogens with zero attached hydrogens (tertiary/aromatic N) is 3. The van der Waals surface area contributed by atoms with Crippen LogP contribution < -0.4 is 5.32 Å². The van der Waals surface area contributed by atoms with Crippen molar-refractivity contribution in [3.63, 3.8) is 0 Å². The van der Waals surface area contributed by atoms with Gasteiger partial charge in [-0.2, -0.15) is 0 Å². The first-order valence-corrected chi connectivity index (χ1v) is 5.78. The third kappa shape index (κ3) is 3.94. The number of nitrogens with one attached hydrogen (secondary N) is 1. The quantitative estimate of drug-likeness (QED) is 0.634. The average molecular weight is 243 g/mol. The molecule has 0 amide bonds. The molecule has 5 heteroatoms. The molecule has 1 heterocycles. The van der Waals surface area contributed by atoms with Gasteiger partial charge in [0.05, 0.1) is 0 Å². The first-order chi connectivity index (χ1) is 7.50. The van der Waals surface area contributed by atoms with Crippen LogP contribution >= 0.6 is 11.6 Å². The largest absolute Gasteiger partial charge is 0.370 e. The lowest BCUT2D eigenvalue weighted by atomic mass is 10.3. The molecule has 0 spiro atoms. The second kappa shape index (κ2) is 6.01. The van der Waals surface area contributed by atoms with Crippen molar-refractivity contribution in [3.8, 4) is 0 Å². The summed E-state index contributed by atoms with van der Waals surface area (Å²) < 4.78 is 0. The SMILES string of the molecule is Cc1nc(Cl)c(C)c(NCCCN(C)C)n1. The Bertz CT molecular complexity index is 352. The van der Waals surface area contributed by atoms with Crippen molar-refractivity contribution in [2.45, 2.75) is 20.3 Å². The van der Waals surface area contributed by atoms with E-state index in [1.54, 1.807) is 0 Å². The fourth-order valence-corrected chi connectivity index (χ4v) is 1.58. The van der Waals surface area contributed by atoms with Crippen LogP contribution in [0, 0.1) is 13.8 Å². The maximum atomic E-state index is 5.98. The lowest BCUT2D eigenvalue weighted by Gasteiger charge is -2.12. The number of anilines is 1. The summed E-state index contributed by atoms with van der Waals surface area (Å²) in [7, 11) is 4.13. The number of aromatic nitrogens is 2. The van der Waals surface area contributed by atoms with Crippen LogP contribution in [0.5, 0.6) is 0 Å². The van der Waals surface area contributed by atoms with E-state index in [0.717, 1.165) is 30.9 Å². The Kier molecular flexibility index (Phi) is 4.96. The molecular weight excluding hydrogens is 224 g/mol. The number of halogens is 1. The smallest absolute Gasteiger partial charge is 0.137 e. The number of hydrogen-bond acceptors (Lipinski definition) is 4. The van der Waals surface area contributed by atoms with Gasteiger partial charge >= 0.3 is 0 Å². The van der Waals surface area contributed by atoms with Crippen molar-refractivity contribution in [2.75, 3.05) is 32.5 Å². The molecule has 0 unspecified atom stereocenters. The maximum absolute atomic E-state index is 5.98. The van der Waals surface area contributed by atoms with Crippen molar-refractivity contribution < 1.29 is 0 Å². The fourth-order valence-electron chi connectivity index (χ4n) is 1.37. The van der Waals surface area contributed by atoms with Gasteiger partial charge < -0.3 is 10.2 Å². The Morgan fingerprint density at radius 1 is 1.25 bits per heavy atom. The minimum atomic E-state index is 0.530. The predicted octanol–water partition coefficient (Wildman–Crippen LogP) is 2.11. The number of aryl methyl sites for hydroxylation is 1. The third-order valence-corrected chi connectivity index (χ3v) is 2.64. The predicted molar refractivity (Wildman–Crippen MR) is 68.2 cm³/mol. The summed E-state index contributed by atoms with van der Waals surface area (Å²) in [5.74, 6) is 1.54. The summed E-state index contributed by atoms with van der Waals surface area (Å²) in [4.78, 5) is 10.6. The highest BCUT2D eigenvalue weighted by Gasteiger charge is 2.06.